The molecule has 0 aliphatic rings. The predicted molar refractivity (Wildman–Crippen MR) is 77.9 cm³/mol. The van der Waals surface area contributed by atoms with Gasteiger partial charge in [0.15, 0.2) is 11.6 Å². The van der Waals surface area contributed by atoms with Gasteiger partial charge < -0.3 is 10.6 Å². The van der Waals surface area contributed by atoms with Gasteiger partial charge in [0.2, 0.25) is 10.0 Å². The van der Waals surface area contributed by atoms with Crippen LogP contribution in [-0.4, -0.2) is 38.2 Å². The van der Waals surface area contributed by atoms with Crippen molar-refractivity contribution < 1.29 is 17.6 Å². The molecule has 0 unspecified atom stereocenters. The number of hydrogen-bond donors (Lipinski definition) is 3. The van der Waals surface area contributed by atoms with Crippen LogP contribution in [0.25, 0.3) is 0 Å². The molecule has 4 N–H and O–H groups in total. The first kappa shape index (κ1) is 17.3. The zero-order valence-electron chi connectivity index (χ0n) is 11.7. The first-order chi connectivity index (χ1) is 9.85. The molecule has 1 amide bonds. The van der Waals surface area contributed by atoms with Crippen LogP contribution in [-0.2, 0) is 10.0 Å². The van der Waals surface area contributed by atoms with Gasteiger partial charge in [0.1, 0.15) is 0 Å². The second kappa shape index (κ2) is 7.89. The van der Waals surface area contributed by atoms with Crippen LogP contribution in [0, 0.1) is 5.82 Å². The second-order valence-electron chi connectivity index (χ2n) is 4.42. The molecule has 21 heavy (non-hydrogen) atoms. The minimum Gasteiger partial charge on any atom is -0.368 e. The van der Waals surface area contributed by atoms with Gasteiger partial charge in [0, 0.05) is 19.3 Å². The van der Waals surface area contributed by atoms with Crippen LogP contribution < -0.4 is 15.8 Å². The number of nitrogens with zero attached hydrogens (tertiary/aromatic N) is 1. The Kier molecular flexibility index (Phi) is 6.50. The lowest BCUT2D eigenvalue weighted by molar-refractivity contribution is 0.0949. The number of rotatable bonds is 8. The maximum Gasteiger partial charge on any atom is 0.254 e. The molecule has 7 nitrogen and oxygen atoms in total. The molecular formula is C12H19FN4O3S. The molecule has 0 aromatic carbocycles. The van der Waals surface area contributed by atoms with Crippen LogP contribution in [0.3, 0.4) is 0 Å². The van der Waals surface area contributed by atoms with Crippen molar-refractivity contribution in [3.8, 4) is 0 Å². The summed E-state index contributed by atoms with van der Waals surface area (Å²) in [7, 11) is -3.56. The van der Waals surface area contributed by atoms with Crippen LogP contribution >= 0.6 is 0 Å². The molecular weight excluding hydrogens is 299 g/mol. The van der Waals surface area contributed by atoms with Crippen LogP contribution in [0.2, 0.25) is 0 Å². The molecule has 9 heteroatoms. The lowest BCUT2D eigenvalue weighted by Crippen LogP contribution is -2.28. The van der Waals surface area contributed by atoms with Crippen molar-refractivity contribution >= 4 is 21.7 Å². The summed E-state index contributed by atoms with van der Waals surface area (Å²) in [5.41, 5.74) is -0.140. The molecule has 0 bridgehead atoms. The van der Waals surface area contributed by atoms with E-state index in [0.29, 0.717) is 6.54 Å². The lowest BCUT2D eigenvalue weighted by atomic mass is 10.2. The van der Waals surface area contributed by atoms with Crippen molar-refractivity contribution in [3.05, 3.63) is 23.6 Å². The third kappa shape index (κ3) is 6.05. The first-order valence-corrected chi connectivity index (χ1v) is 8.23. The summed E-state index contributed by atoms with van der Waals surface area (Å²) in [6.07, 6.45) is 2.30. The molecule has 1 aromatic heterocycles. The fraction of sp³-hybridized carbons (Fsp3) is 0.500. The number of amides is 1. The fourth-order valence-corrected chi connectivity index (χ4v) is 2.10. The van der Waals surface area contributed by atoms with Crippen LogP contribution in [0.4, 0.5) is 10.2 Å². The average Bonchev–Trinajstić information content (AvgIpc) is 2.41. The van der Waals surface area contributed by atoms with E-state index in [1.165, 1.54) is 12.3 Å². The van der Waals surface area contributed by atoms with E-state index in [1.807, 2.05) is 6.92 Å². The summed E-state index contributed by atoms with van der Waals surface area (Å²) in [5.74, 6) is -1.57. The third-order valence-corrected chi connectivity index (χ3v) is 3.43. The topological polar surface area (TPSA) is 114 Å². The number of carbonyl (C=O) groups is 1. The number of carbonyl (C=O) groups excluding carboxylic acids is 1. The monoisotopic (exact) mass is 318 g/mol. The van der Waals surface area contributed by atoms with E-state index >= 15 is 0 Å². The highest BCUT2D eigenvalue weighted by Gasteiger charge is 2.15. The van der Waals surface area contributed by atoms with E-state index in [-0.39, 0.29) is 30.1 Å². The number of sulfonamides is 1. The SMILES string of the molecule is CCCNc1nccc(C(=O)NCCCS(N)(=O)=O)c1F. The van der Waals surface area contributed by atoms with Gasteiger partial charge in [0.05, 0.1) is 11.3 Å². The summed E-state index contributed by atoms with van der Waals surface area (Å²) in [5, 5.41) is 10.1. The molecule has 0 aliphatic heterocycles. The molecule has 0 aliphatic carbocycles. The predicted octanol–water partition coefficient (Wildman–Crippen LogP) is 0.451. The second-order valence-corrected chi connectivity index (χ2v) is 6.16. The van der Waals surface area contributed by atoms with Crippen molar-refractivity contribution in [1.82, 2.24) is 10.3 Å². The summed E-state index contributed by atoms with van der Waals surface area (Å²) >= 11 is 0. The van der Waals surface area contributed by atoms with Crippen LogP contribution in [0.15, 0.2) is 12.3 Å². The van der Waals surface area contributed by atoms with Gasteiger partial charge >= 0.3 is 0 Å². The number of hydrogen-bond acceptors (Lipinski definition) is 5. The zero-order valence-corrected chi connectivity index (χ0v) is 12.5. The summed E-state index contributed by atoms with van der Waals surface area (Å²) in [6.45, 7) is 2.56. The zero-order chi connectivity index (χ0) is 15.9. The minimum atomic E-state index is -3.56. The van der Waals surface area contributed by atoms with Gasteiger partial charge in [-0.3, -0.25) is 4.79 Å². The summed E-state index contributed by atoms with van der Waals surface area (Å²) < 4.78 is 35.5. The number of primary sulfonamides is 1. The Morgan fingerprint density at radius 3 is 2.76 bits per heavy atom. The van der Waals surface area contributed by atoms with Crippen molar-refractivity contribution in [2.45, 2.75) is 19.8 Å². The first-order valence-electron chi connectivity index (χ1n) is 6.52. The molecule has 1 rings (SSSR count). The highest BCUT2D eigenvalue weighted by molar-refractivity contribution is 7.89. The average molecular weight is 318 g/mol. The Balaban J connectivity index is 2.61. The van der Waals surface area contributed by atoms with Crippen molar-refractivity contribution in [2.24, 2.45) is 5.14 Å². The molecule has 1 aromatic rings. The van der Waals surface area contributed by atoms with Crippen molar-refractivity contribution in [3.63, 3.8) is 0 Å². The Bertz CT molecular complexity index is 592. The molecule has 0 spiro atoms. The standard InChI is InChI=1S/C12H19FN4O3S/c1-2-5-15-11-10(13)9(4-7-16-11)12(18)17-6-3-8-21(14,19)20/h4,7H,2-3,5-6,8H2,1H3,(H,15,16)(H,17,18)(H2,14,19,20). The molecule has 0 atom stereocenters. The molecule has 0 radical (unpaired) electrons. The van der Waals surface area contributed by atoms with E-state index < -0.39 is 21.7 Å². The third-order valence-electron chi connectivity index (χ3n) is 2.57. The van der Waals surface area contributed by atoms with E-state index in [2.05, 4.69) is 15.6 Å². The van der Waals surface area contributed by atoms with Crippen LogP contribution in [0.5, 0.6) is 0 Å². The normalized spacial score (nSPS) is 11.2. The maximum absolute atomic E-state index is 14.0. The highest BCUT2D eigenvalue weighted by Crippen LogP contribution is 2.14. The van der Waals surface area contributed by atoms with E-state index in [0.717, 1.165) is 6.42 Å². The number of anilines is 1. The van der Waals surface area contributed by atoms with Gasteiger partial charge in [-0.25, -0.2) is 22.9 Å². The Labute approximate surface area is 123 Å². The minimum absolute atomic E-state index is 0.0223. The number of nitrogens with one attached hydrogen (secondary N) is 2. The smallest absolute Gasteiger partial charge is 0.254 e. The quantitative estimate of drug-likeness (QED) is 0.602. The van der Waals surface area contributed by atoms with Gasteiger partial charge in [-0.15, -0.1) is 0 Å². The van der Waals surface area contributed by atoms with E-state index in [1.54, 1.807) is 0 Å². The highest BCUT2D eigenvalue weighted by atomic mass is 32.2. The number of halogens is 1. The number of aromatic nitrogens is 1. The van der Waals surface area contributed by atoms with Gasteiger partial charge in [-0.05, 0) is 18.9 Å². The van der Waals surface area contributed by atoms with Crippen molar-refractivity contribution in [2.75, 3.05) is 24.2 Å². The van der Waals surface area contributed by atoms with E-state index in [4.69, 9.17) is 5.14 Å². The number of nitrogens with two attached hydrogens (primary N) is 1. The molecule has 1 heterocycles. The number of pyridine rings is 1. The van der Waals surface area contributed by atoms with Gasteiger partial charge in [0.25, 0.3) is 5.91 Å². The Morgan fingerprint density at radius 2 is 2.14 bits per heavy atom. The summed E-state index contributed by atoms with van der Waals surface area (Å²) in [6, 6.07) is 1.27. The molecule has 118 valence electrons. The van der Waals surface area contributed by atoms with Gasteiger partial charge in [-0.1, -0.05) is 6.92 Å². The molecule has 0 saturated heterocycles. The van der Waals surface area contributed by atoms with Gasteiger partial charge in [-0.2, -0.15) is 0 Å². The fourth-order valence-electron chi connectivity index (χ4n) is 1.56. The maximum atomic E-state index is 14.0. The lowest BCUT2D eigenvalue weighted by Gasteiger charge is -2.09. The molecule has 0 saturated carbocycles. The summed E-state index contributed by atoms with van der Waals surface area (Å²) in [4.78, 5) is 15.7. The largest absolute Gasteiger partial charge is 0.368 e. The Morgan fingerprint density at radius 1 is 1.43 bits per heavy atom. The van der Waals surface area contributed by atoms with Crippen molar-refractivity contribution in [1.29, 1.82) is 0 Å². The van der Waals surface area contributed by atoms with E-state index in [9.17, 15) is 17.6 Å². The Hall–Kier alpha value is -1.74. The molecule has 0 fully saturated rings. The van der Waals surface area contributed by atoms with Crippen LogP contribution in [0.1, 0.15) is 30.1 Å².